The van der Waals surface area contributed by atoms with E-state index in [4.69, 9.17) is 0 Å². The predicted molar refractivity (Wildman–Crippen MR) is 99.0 cm³/mol. The molecule has 0 saturated carbocycles. The highest BCUT2D eigenvalue weighted by molar-refractivity contribution is 5.86. The molecular weight excluding hydrogens is 296 g/mol. The van der Waals surface area contributed by atoms with E-state index in [0.717, 1.165) is 17.7 Å². The molecule has 2 aromatic carbocycles. The number of nitrogens with one attached hydrogen (secondary N) is 1. The number of anilines is 1. The summed E-state index contributed by atoms with van der Waals surface area (Å²) in [6.45, 7) is 7.00. The largest absolute Gasteiger partial charge is 0.382 e. The van der Waals surface area contributed by atoms with Crippen LogP contribution in [-0.4, -0.2) is 22.9 Å². The molecule has 0 radical (unpaired) electrons. The Labute approximate surface area is 144 Å². The van der Waals surface area contributed by atoms with Crippen molar-refractivity contribution in [3.63, 3.8) is 0 Å². The number of hydrogen-bond donors (Lipinski definition) is 1. The van der Waals surface area contributed by atoms with Crippen LogP contribution in [0.3, 0.4) is 0 Å². The van der Waals surface area contributed by atoms with E-state index in [1.165, 1.54) is 5.56 Å². The minimum absolute atomic E-state index is 0.0661. The van der Waals surface area contributed by atoms with Crippen molar-refractivity contribution in [1.82, 2.24) is 4.90 Å². The molecule has 1 aliphatic rings. The first-order valence-electron chi connectivity index (χ1n) is 8.76. The summed E-state index contributed by atoms with van der Waals surface area (Å²) in [6, 6.07) is 18.9. The van der Waals surface area contributed by atoms with Crippen molar-refractivity contribution in [2.45, 2.75) is 51.7 Å². The van der Waals surface area contributed by atoms with Crippen LogP contribution in [0.25, 0.3) is 0 Å². The number of fused-ring (bicyclic) bond motifs is 1. The lowest BCUT2D eigenvalue weighted by molar-refractivity contribution is -0.135. The maximum atomic E-state index is 13.4. The average Bonchev–Trinajstić information content (AvgIpc) is 2.59. The molecule has 126 valence electrons. The number of nitrogens with zero attached hydrogens (tertiary/aromatic N) is 1. The molecule has 0 fully saturated rings. The molecule has 1 N–H and O–H groups in total. The second kappa shape index (κ2) is 7.08. The Kier molecular flexibility index (Phi) is 4.89. The van der Waals surface area contributed by atoms with Gasteiger partial charge in [-0.2, -0.15) is 0 Å². The van der Waals surface area contributed by atoms with E-state index < -0.39 is 0 Å². The third-order valence-corrected chi connectivity index (χ3v) is 4.73. The molecule has 2 unspecified atom stereocenters. The van der Waals surface area contributed by atoms with Crippen LogP contribution in [-0.2, 0) is 11.3 Å². The summed E-state index contributed by atoms with van der Waals surface area (Å²) in [7, 11) is 0. The van der Waals surface area contributed by atoms with Gasteiger partial charge in [-0.25, -0.2) is 0 Å². The Bertz CT molecular complexity index is 696. The fourth-order valence-corrected chi connectivity index (χ4v) is 3.47. The maximum Gasteiger partial charge on any atom is 0.230 e. The number of carbonyl (C=O) groups is 1. The van der Waals surface area contributed by atoms with E-state index in [1.807, 2.05) is 35.2 Å². The first-order valence-corrected chi connectivity index (χ1v) is 8.76. The van der Waals surface area contributed by atoms with Crippen molar-refractivity contribution < 1.29 is 4.79 Å². The molecule has 3 nitrogen and oxygen atoms in total. The second-order valence-corrected chi connectivity index (χ2v) is 6.97. The maximum absolute atomic E-state index is 13.4. The van der Waals surface area contributed by atoms with Gasteiger partial charge in [-0.05, 0) is 44.4 Å². The molecule has 1 heterocycles. The predicted octanol–water partition coefficient (Wildman–Crippen LogP) is 4.41. The van der Waals surface area contributed by atoms with E-state index >= 15 is 0 Å². The monoisotopic (exact) mass is 322 g/mol. The highest BCUT2D eigenvalue weighted by Crippen LogP contribution is 2.35. The molecule has 1 aliphatic heterocycles. The molecule has 0 aliphatic carbocycles. The molecule has 1 amide bonds. The van der Waals surface area contributed by atoms with Crippen LogP contribution < -0.4 is 5.32 Å². The quantitative estimate of drug-likeness (QED) is 0.904. The second-order valence-electron chi connectivity index (χ2n) is 6.97. The molecular formula is C21H26N2O. The lowest BCUT2D eigenvalue weighted by Crippen LogP contribution is -2.42. The first kappa shape index (κ1) is 16.6. The van der Waals surface area contributed by atoms with Crippen molar-refractivity contribution in [2.24, 2.45) is 0 Å². The Morgan fingerprint density at radius 3 is 2.50 bits per heavy atom. The van der Waals surface area contributed by atoms with Crippen LogP contribution in [0.15, 0.2) is 54.6 Å². The van der Waals surface area contributed by atoms with Crippen LogP contribution in [0.1, 0.15) is 44.2 Å². The molecule has 0 aromatic heterocycles. The van der Waals surface area contributed by atoms with Crippen LogP contribution in [0.2, 0.25) is 0 Å². The Morgan fingerprint density at radius 2 is 1.79 bits per heavy atom. The fraction of sp³-hybridized carbons (Fsp3) is 0.381. The van der Waals surface area contributed by atoms with Crippen LogP contribution in [0, 0.1) is 0 Å². The number of hydrogen-bond acceptors (Lipinski definition) is 2. The normalized spacial score (nSPS) is 19.5. The number of rotatable bonds is 4. The zero-order valence-electron chi connectivity index (χ0n) is 14.7. The fourth-order valence-electron chi connectivity index (χ4n) is 3.47. The van der Waals surface area contributed by atoms with E-state index in [0.29, 0.717) is 12.6 Å². The summed E-state index contributed by atoms with van der Waals surface area (Å²) >= 11 is 0. The van der Waals surface area contributed by atoms with E-state index in [1.54, 1.807) is 0 Å². The lowest BCUT2D eigenvalue weighted by atomic mass is 9.86. The van der Waals surface area contributed by atoms with Gasteiger partial charge in [-0.15, -0.1) is 0 Å². The van der Waals surface area contributed by atoms with Crippen molar-refractivity contribution in [3.05, 3.63) is 65.7 Å². The van der Waals surface area contributed by atoms with Gasteiger partial charge in [0.2, 0.25) is 5.91 Å². The van der Waals surface area contributed by atoms with Gasteiger partial charge in [0, 0.05) is 24.3 Å². The van der Waals surface area contributed by atoms with Crippen LogP contribution in [0.5, 0.6) is 0 Å². The summed E-state index contributed by atoms with van der Waals surface area (Å²) in [5.74, 6) is 0.165. The van der Waals surface area contributed by atoms with Crippen molar-refractivity contribution >= 4 is 11.6 Å². The molecule has 3 heteroatoms. The zero-order valence-corrected chi connectivity index (χ0v) is 14.7. The minimum atomic E-state index is -0.0661. The highest BCUT2D eigenvalue weighted by atomic mass is 16.2. The van der Waals surface area contributed by atoms with Gasteiger partial charge in [-0.1, -0.05) is 48.5 Å². The lowest BCUT2D eigenvalue weighted by Gasteiger charge is -2.36. The minimum Gasteiger partial charge on any atom is -0.382 e. The van der Waals surface area contributed by atoms with Crippen molar-refractivity contribution in [2.75, 3.05) is 5.32 Å². The summed E-state index contributed by atoms with van der Waals surface area (Å²) in [6.07, 6.45) is 0.841. The van der Waals surface area contributed by atoms with Gasteiger partial charge < -0.3 is 10.2 Å². The molecule has 2 aromatic rings. The average molecular weight is 322 g/mol. The van der Waals surface area contributed by atoms with Gasteiger partial charge in [0.05, 0.1) is 5.92 Å². The summed E-state index contributed by atoms with van der Waals surface area (Å²) in [5, 5.41) is 3.49. The van der Waals surface area contributed by atoms with Gasteiger partial charge in [0.25, 0.3) is 0 Å². The summed E-state index contributed by atoms with van der Waals surface area (Å²) < 4.78 is 0. The molecule has 0 saturated heterocycles. The Hall–Kier alpha value is -2.29. The number of amides is 1. The van der Waals surface area contributed by atoms with Crippen LogP contribution in [0.4, 0.5) is 5.69 Å². The smallest absolute Gasteiger partial charge is 0.230 e. The van der Waals surface area contributed by atoms with Gasteiger partial charge >= 0.3 is 0 Å². The SMILES string of the molecule is CC1CC(C(=O)N(Cc2ccccc2)C(C)C)c2ccccc2N1. The van der Waals surface area contributed by atoms with Crippen LogP contribution >= 0.6 is 0 Å². The number of para-hydroxylation sites is 1. The zero-order chi connectivity index (χ0) is 17.1. The molecule has 0 spiro atoms. The standard InChI is InChI=1S/C21H26N2O/c1-15(2)23(14-17-9-5-4-6-10-17)21(24)19-13-16(3)22-20-12-8-7-11-18(19)20/h4-12,15-16,19,22H,13-14H2,1-3H3. The molecule has 24 heavy (non-hydrogen) atoms. The Balaban J connectivity index is 1.88. The van der Waals surface area contributed by atoms with E-state index in [2.05, 4.69) is 50.4 Å². The Morgan fingerprint density at radius 1 is 1.12 bits per heavy atom. The van der Waals surface area contributed by atoms with Crippen molar-refractivity contribution in [1.29, 1.82) is 0 Å². The summed E-state index contributed by atoms with van der Waals surface area (Å²) in [5.41, 5.74) is 3.40. The molecule has 2 atom stereocenters. The third-order valence-electron chi connectivity index (χ3n) is 4.73. The van der Waals surface area contributed by atoms with Gasteiger partial charge in [0.1, 0.15) is 0 Å². The van der Waals surface area contributed by atoms with E-state index in [9.17, 15) is 4.79 Å². The third kappa shape index (κ3) is 3.45. The van der Waals surface area contributed by atoms with E-state index in [-0.39, 0.29) is 17.9 Å². The first-order chi connectivity index (χ1) is 11.6. The highest BCUT2D eigenvalue weighted by Gasteiger charge is 2.33. The topological polar surface area (TPSA) is 32.3 Å². The summed E-state index contributed by atoms with van der Waals surface area (Å²) in [4.78, 5) is 15.4. The van der Waals surface area contributed by atoms with Gasteiger partial charge in [-0.3, -0.25) is 4.79 Å². The van der Waals surface area contributed by atoms with Gasteiger partial charge in [0.15, 0.2) is 0 Å². The van der Waals surface area contributed by atoms with Crippen molar-refractivity contribution in [3.8, 4) is 0 Å². The molecule has 3 rings (SSSR count). The number of carbonyl (C=O) groups excluding carboxylic acids is 1. The number of benzene rings is 2. The molecule has 0 bridgehead atoms.